The molecule has 0 saturated carbocycles. The van der Waals surface area contributed by atoms with Crippen molar-refractivity contribution in [2.45, 2.75) is 19.5 Å². The van der Waals surface area contributed by atoms with Crippen LogP contribution in [-0.2, 0) is 6.54 Å². The Balaban J connectivity index is 1.39. The topological polar surface area (TPSA) is 92.2 Å². The Kier molecular flexibility index (Phi) is 7.24. The van der Waals surface area contributed by atoms with Gasteiger partial charge in [-0.25, -0.2) is 9.07 Å². The molecule has 1 saturated heterocycles. The molecule has 0 unspecified atom stereocenters. The molecular weight excluding hydrogens is 509 g/mol. The first-order valence-corrected chi connectivity index (χ1v) is 13.4. The Hall–Kier alpha value is -4.57. The number of nitrogens with zero attached hydrogens (tertiary/aromatic N) is 6. The first kappa shape index (κ1) is 25.7. The molecular formula is C30H30FN7O2. The fraction of sp³-hybridized carbons (Fsp3) is 0.267. The molecule has 0 aliphatic carbocycles. The number of pyridine rings is 1. The minimum absolute atomic E-state index is 0.191. The maximum absolute atomic E-state index is 13.6. The predicted octanol–water partition coefficient (Wildman–Crippen LogP) is 4.01. The molecule has 40 heavy (non-hydrogen) atoms. The summed E-state index contributed by atoms with van der Waals surface area (Å²) in [5.41, 5.74) is 3.13. The summed E-state index contributed by atoms with van der Waals surface area (Å²) in [7, 11) is 0. The Morgan fingerprint density at radius 1 is 0.975 bits per heavy atom. The van der Waals surface area contributed by atoms with Crippen molar-refractivity contribution in [3.8, 4) is 5.75 Å². The van der Waals surface area contributed by atoms with Crippen LogP contribution in [0.1, 0.15) is 29.9 Å². The lowest BCUT2D eigenvalue weighted by Gasteiger charge is -2.39. The van der Waals surface area contributed by atoms with E-state index in [0.717, 1.165) is 35.3 Å². The number of fused-ring (bicyclic) bond motifs is 1. The molecule has 1 aliphatic heterocycles. The Labute approximate surface area is 230 Å². The van der Waals surface area contributed by atoms with E-state index in [2.05, 4.69) is 42.4 Å². The van der Waals surface area contributed by atoms with Gasteiger partial charge in [-0.15, -0.1) is 5.10 Å². The van der Waals surface area contributed by atoms with Crippen molar-refractivity contribution in [1.29, 1.82) is 0 Å². The number of nitrogens with one attached hydrogen (secondary N) is 1. The normalized spacial score (nSPS) is 14.9. The molecule has 9 nitrogen and oxygen atoms in total. The average Bonchev–Trinajstić information content (AvgIpc) is 3.43. The van der Waals surface area contributed by atoms with Gasteiger partial charge in [-0.05, 0) is 71.4 Å². The number of hydrogen-bond acceptors (Lipinski definition) is 7. The van der Waals surface area contributed by atoms with Crippen LogP contribution in [0.3, 0.4) is 0 Å². The molecule has 6 rings (SSSR count). The van der Waals surface area contributed by atoms with Crippen LogP contribution < -0.4 is 15.2 Å². The average molecular weight is 540 g/mol. The van der Waals surface area contributed by atoms with Crippen LogP contribution in [0, 0.1) is 5.82 Å². The number of rotatable bonds is 8. The Bertz CT molecular complexity index is 1640. The summed E-state index contributed by atoms with van der Waals surface area (Å²) in [6, 6.07) is 23.7. The number of tetrazole rings is 1. The standard InChI is InChI=1S/C30H30FN7O2/c1-2-40-25-12-13-27-22(18-25)19-26(30(39)32-27)28(37-16-14-36(15-17-37)24-6-4-3-5-7-24)29-33-34-35-38(29)20-21-8-10-23(31)11-9-21/h3-13,18-19,28H,2,14-17,20H2,1H3,(H,32,39)/t28-/m0/s1. The SMILES string of the molecule is CCOc1ccc2[nH]c(=O)c([C@@H](c3nnnn3Cc3ccc(F)cc3)N3CCN(c4ccccc4)CC3)cc2c1. The van der Waals surface area contributed by atoms with Crippen LogP contribution in [0.5, 0.6) is 5.75 Å². The van der Waals surface area contributed by atoms with Crippen molar-refractivity contribution in [3.05, 3.63) is 112 Å². The number of benzene rings is 3. The Morgan fingerprint density at radius 3 is 2.50 bits per heavy atom. The molecule has 204 valence electrons. The number of halogens is 1. The molecule has 1 atom stereocenters. The molecule has 5 aromatic rings. The molecule has 0 amide bonds. The molecule has 1 N–H and O–H groups in total. The van der Waals surface area contributed by atoms with Gasteiger partial charge in [-0.3, -0.25) is 9.69 Å². The number of piperazine rings is 1. The van der Waals surface area contributed by atoms with Crippen molar-refractivity contribution in [3.63, 3.8) is 0 Å². The van der Waals surface area contributed by atoms with Gasteiger partial charge >= 0.3 is 0 Å². The molecule has 0 radical (unpaired) electrons. The molecule has 1 aliphatic rings. The molecule has 1 fully saturated rings. The molecule has 10 heteroatoms. The van der Waals surface area contributed by atoms with Gasteiger partial charge in [0, 0.05) is 48.3 Å². The predicted molar refractivity (Wildman–Crippen MR) is 151 cm³/mol. The lowest BCUT2D eigenvalue weighted by atomic mass is 10.0. The first-order chi connectivity index (χ1) is 19.6. The molecule has 0 spiro atoms. The number of anilines is 1. The first-order valence-electron chi connectivity index (χ1n) is 13.4. The van der Waals surface area contributed by atoms with Gasteiger partial charge in [0.25, 0.3) is 5.56 Å². The summed E-state index contributed by atoms with van der Waals surface area (Å²) in [4.78, 5) is 21.2. The maximum atomic E-state index is 13.6. The summed E-state index contributed by atoms with van der Waals surface area (Å²) in [5.74, 6) is 0.995. The fourth-order valence-corrected chi connectivity index (χ4v) is 5.32. The minimum Gasteiger partial charge on any atom is -0.494 e. The highest BCUT2D eigenvalue weighted by atomic mass is 19.1. The highest BCUT2D eigenvalue weighted by Gasteiger charge is 2.33. The van der Waals surface area contributed by atoms with Crippen molar-refractivity contribution in [2.75, 3.05) is 37.7 Å². The van der Waals surface area contributed by atoms with Crippen molar-refractivity contribution < 1.29 is 9.13 Å². The second kappa shape index (κ2) is 11.3. The lowest BCUT2D eigenvalue weighted by Crippen LogP contribution is -2.49. The van der Waals surface area contributed by atoms with Crippen LogP contribution in [0.2, 0.25) is 0 Å². The van der Waals surface area contributed by atoms with Gasteiger partial charge in [-0.1, -0.05) is 30.3 Å². The Morgan fingerprint density at radius 2 is 1.75 bits per heavy atom. The van der Waals surface area contributed by atoms with E-state index in [1.807, 2.05) is 49.4 Å². The van der Waals surface area contributed by atoms with Gasteiger partial charge in [-0.2, -0.15) is 0 Å². The number of aromatic nitrogens is 5. The van der Waals surface area contributed by atoms with E-state index in [-0.39, 0.29) is 11.4 Å². The number of aromatic amines is 1. The lowest BCUT2D eigenvalue weighted by molar-refractivity contribution is 0.200. The minimum atomic E-state index is -0.489. The van der Waals surface area contributed by atoms with Crippen LogP contribution in [0.25, 0.3) is 10.9 Å². The summed E-state index contributed by atoms with van der Waals surface area (Å²) in [6.45, 7) is 5.84. The van der Waals surface area contributed by atoms with E-state index in [0.29, 0.717) is 37.6 Å². The third-order valence-corrected chi connectivity index (χ3v) is 7.30. The fourth-order valence-electron chi connectivity index (χ4n) is 5.32. The molecule has 2 aromatic heterocycles. The van der Waals surface area contributed by atoms with Crippen molar-refractivity contribution in [2.24, 2.45) is 0 Å². The van der Waals surface area contributed by atoms with Gasteiger partial charge in [0.05, 0.1) is 13.2 Å². The van der Waals surface area contributed by atoms with Crippen molar-refractivity contribution >= 4 is 16.6 Å². The van der Waals surface area contributed by atoms with Gasteiger partial charge < -0.3 is 14.6 Å². The van der Waals surface area contributed by atoms with Gasteiger partial charge in [0.2, 0.25) is 0 Å². The van der Waals surface area contributed by atoms with Crippen LogP contribution in [-0.4, -0.2) is 62.9 Å². The second-order valence-electron chi connectivity index (χ2n) is 9.82. The summed E-state index contributed by atoms with van der Waals surface area (Å²) >= 11 is 0. The number of ether oxygens (including phenoxy) is 1. The van der Waals surface area contributed by atoms with E-state index in [1.54, 1.807) is 16.8 Å². The van der Waals surface area contributed by atoms with Gasteiger partial charge in [0.15, 0.2) is 5.82 Å². The monoisotopic (exact) mass is 539 g/mol. The van der Waals surface area contributed by atoms with E-state index < -0.39 is 6.04 Å². The van der Waals surface area contributed by atoms with Crippen LogP contribution in [0.4, 0.5) is 10.1 Å². The molecule has 3 aromatic carbocycles. The summed E-state index contributed by atoms with van der Waals surface area (Å²) in [6.07, 6.45) is 0. The number of hydrogen-bond donors (Lipinski definition) is 1. The van der Waals surface area contributed by atoms with E-state index in [4.69, 9.17) is 4.74 Å². The zero-order valence-corrected chi connectivity index (χ0v) is 22.2. The van der Waals surface area contributed by atoms with Crippen LogP contribution >= 0.6 is 0 Å². The third kappa shape index (κ3) is 5.30. The highest BCUT2D eigenvalue weighted by Crippen LogP contribution is 2.30. The smallest absolute Gasteiger partial charge is 0.253 e. The van der Waals surface area contributed by atoms with Crippen LogP contribution in [0.15, 0.2) is 83.7 Å². The number of H-pyrrole nitrogens is 1. The van der Waals surface area contributed by atoms with Gasteiger partial charge in [0.1, 0.15) is 17.6 Å². The summed E-state index contributed by atoms with van der Waals surface area (Å²) in [5, 5.41) is 13.5. The second-order valence-corrected chi connectivity index (χ2v) is 9.82. The highest BCUT2D eigenvalue weighted by molar-refractivity contribution is 5.80. The number of para-hydroxylation sites is 1. The van der Waals surface area contributed by atoms with E-state index in [1.165, 1.54) is 17.8 Å². The molecule has 0 bridgehead atoms. The van der Waals surface area contributed by atoms with E-state index >= 15 is 0 Å². The quantitative estimate of drug-likeness (QED) is 0.319. The molecule has 3 heterocycles. The van der Waals surface area contributed by atoms with E-state index in [9.17, 15) is 9.18 Å². The third-order valence-electron chi connectivity index (χ3n) is 7.30. The maximum Gasteiger partial charge on any atom is 0.253 e. The zero-order chi connectivity index (χ0) is 27.5. The summed E-state index contributed by atoms with van der Waals surface area (Å²) < 4.78 is 20.9. The van der Waals surface area contributed by atoms with Crippen molar-refractivity contribution in [1.82, 2.24) is 30.1 Å². The largest absolute Gasteiger partial charge is 0.494 e. The zero-order valence-electron chi connectivity index (χ0n) is 22.2.